The number of nitrogens with two attached hydrogens (primary N) is 1. The number of carbonyl (C=O) groups excluding carboxylic acids is 1. The Morgan fingerprint density at radius 2 is 2.22 bits per heavy atom. The van der Waals surface area contributed by atoms with E-state index in [0.717, 1.165) is 24.2 Å². The van der Waals surface area contributed by atoms with Gasteiger partial charge in [0.05, 0.1) is 0 Å². The summed E-state index contributed by atoms with van der Waals surface area (Å²) in [7, 11) is 0. The van der Waals surface area contributed by atoms with Gasteiger partial charge in [0.1, 0.15) is 6.04 Å². The zero-order valence-corrected chi connectivity index (χ0v) is 11.0. The van der Waals surface area contributed by atoms with Gasteiger partial charge in [-0.3, -0.25) is 4.79 Å². The third kappa shape index (κ3) is 2.34. The van der Waals surface area contributed by atoms with E-state index in [9.17, 15) is 4.79 Å². The van der Waals surface area contributed by atoms with Crippen LogP contribution in [-0.4, -0.2) is 25.0 Å². The van der Waals surface area contributed by atoms with Crippen LogP contribution in [0.4, 0.5) is 5.69 Å². The average molecular weight is 247 g/mol. The maximum atomic E-state index is 11.9. The Balaban J connectivity index is 2.37. The molecule has 2 rings (SSSR count). The summed E-state index contributed by atoms with van der Waals surface area (Å²) in [5.74, 6) is 0.114. The van der Waals surface area contributed by atoms with Crippen molar-refractivity contribution in [2.24, 2.45) is 5.73 Å². The lowest BCUT2D eigenvalue weighted by atomic mass is 10.0. The van der Waals surface area contributed by atoms with Gasteiger partial charge in [0.2, 0.25) is 5.91 Å². The molecule has 0 spiro atoms. The number of hydrogen-bond acceptors (Lipinski definition) is 3. The molecule has 18 heavy (non-hydrogen) atoms. The molecule has 0 aromatic heterocycles. The van der Waals surface area contributed by atoms with Gasteiger partial charge in [0.25, 0.3) is 0 Å². The molecule has 0 radical (unpaired) electrons. The molecule has 1 unspecified atom stereocenters. The van der Waals surface area contributed by atoms with Crippen molar-refractivity contribution in [3.63, 3.8) is 0 Å². The van der Waals surface area contributed by atoms with Crippen molar-refractivity contribution in [2.75, 3.05) is 18.0 Å². The Morgan fingerprint density at radius 1 is 1.50 bits per heavy atom. The quantitative estimate of drug-likeness (QED) is 0.849. The van der Waals surface area contributed by atoms with Crippen LogP contribution in [0.3, 0.4) is 0 Å². The second-order valence-electron chi connectivity index (χ2n) is 4.76. The molecule has 3 N–H and O–H groups in total. The van der Waals surface area contributed by atoms with Crippen LogP contribution in [0.2, 0.25) is 0 Å². The second-order valence-corrected chi connectivity index (χ2v) is 4.76. The predicted molar refractivity (Wildman–Crippen MR) is 73.5 cm³/mol. The van der Waals surface area contributed by atoms with Crippen LogP contribution in [-0.2, 0) is 4.79 Å². The van der Waals surface area contributed by atoms with E-state index in [1.54, 1.807) is 0 Å². The fourth-order valence-corrected chi connectivity index (χ4v) is 2.54. The molecule has 1 saturated heterocycles. The van der Waals surface area contributed by atoms with Crippen molar-refractivity contribution in [1.29, 1.82) is 0 Å². The average Bonchev–Trinajstić information content (AvgIpc) is 2.38. The highest BCUT2D eigenvalue weighted by atomic mass is 16.2. The van der Waals surface area contributed by atoms with Gasteiger partial charge >= 0.3 is 0 Å². The zero-order valence-electron chi connectivity index (χ0n) is 11.0. The van der Waals surface area contributed by atoms with Crippen molar-refractivity contribution in [1.82, 2.24) is 5.32 Å². The summed E-state index contributed by atoms with van der Waals surface area (Å²) in [6.07, 6.45) is 0.805. The lowest BCUT2D eigenvalue weighted by molar-refractivity contribution is -0.123. The normalized spacial score (nSPS) is 21.6. The monoisotopic (exact) mass is 247 g/mol. The smallest absolute Gasteiger partial charge is 0.242 e. The molecule has 4 heteroatoms. The fraction of sp³-hybridized carbons (Fsp3) is 0.500. The van der Waals surface area contributed by atoms with Gasteiger partial charge in [0.15, 0.2) is 0 Å². The first-order chi connectivity index (χ1) is 8.65. The van der Waals surface area contributed by atoms with Crippen LogP contribution in [0.1, 0.15) is 31.9 Å². The Bertz CT molecular complexity index is 431. The molecule has 1 amide bonds. The van der Waals surface area contributed by atoms with Crippen LogP contribution in [0.5, 0.6) is 0 Å². The van der Waals surface area contributed by atoms with Crippen molar-refractivity contribution >= 4 is 11.6 Å². The van der Waals surface area contributed by atoms with E-state index in [1.807, 2.05) is 32.0 Å². The standard InChI is InChI=1S/C14H21N3O/c1-3-12-14(18)16-8-9-17(12)13-7-5-4-6-11(13)10(2)15/h4-7,10,12H,3,8-9,15H2,1-2H3,(H,16,18)/t10-,12?/m1/s1. The van der Waals surface area contributed by atoms with E-state index >= 15 is 0 Å². The lowest BCUT2D eigenvalue weighted by Gasteiger charge is -2.37. The number of rotatable bonds is 3. The summed E-state index contributed by atoms with van der Waals surface area (Å²) in [6.45, 7) is 5.55. The maximum absolute atomic E-state index is 11.9. The summed E-state index contributed by atoms with van der Waals surface area (Å²) in [5, 5.41) is 2.92. The number of nitrogens with one attached hydrogen (secondary N) is 1. The highest BCUT2D eigenvalue weighted by Crippen LogP contribution is 2.28. The van der Waals surface area contributed by atoms with Gasteiger partial charge < -0.3 is 16.0 Å². The molecule has 0 bridgehead atoms. The first-order valence-corrected chi connectivity index (χ1v) is 6.54. The van der Waals surface area contributed by atoms with E-state index in [4.69, 9.17) is 5.73 Å². The van der Waals surface area contributed by atoms with Gasteiger partial charge in [-0.1, -0.05) is 25.1 Å². The van der Waals surface area contributed by atoms with Crippen LogP contribution in [0, 0.1) is 0 Å². The molecule has 1 aromatic rings. The highest BCUT2D eigenvalue weighted by Gasteiger charge is 2.29. The number of nitrogens with zero attached hydrogens (tertiary/aromatic N) is 1. The van der Waals surface area contributed by atoms with E-state index in [0.29, 0.717) is 6.54 Å². The third-order valence-corrected chi connectivity index (χ3v) is 3.45. The summed E-state index contributed by atoms with van der Waals surface area (Å²) in [6, 6.07) is 7.98. The van der Waals surface area contributed by atoms with Crippen molar-refractivity contribution in [3.8, 4) is 0 Å². The zero-order chi connectivity index (χ0) is 13.1. The molecule has 4 nitrogen and oxygen atoms in total. The van der Waals surface area contributed by atoms with E-state index in [2.05, 4.69) is 16.3 Å². The van der Waals surface area contributed by atoms with Crippen LogP contribution >= 0.6 is 0 Å². The van der Waals surface area contributed by atoms with Gasteiger partial charge in [0, 0.05) is 24.8 Å². The summed E-state index contributed by atoms with van der Waals surface area (Å²) in [5.41, 5.74) is 8.21. The van der Waals surface area contributed by atoms with Gasteiger partial charge in [-0.25, -0.2) is 0 Å². The summed E-state index contributed by atoms with van der Waals surface area (Å²) in [4.78, 5) is 14.1. The van der Waals surface area contributed by atoms with Crippen LogP contribution < -0.4 is 16.0 Å². The Labute approximate surface area is 108 Å². The minimum Gasteiger partial charge on any atom is -0.357 e. The topological polar surface area (TPSA) is 58.4 Å². The van der Waals surface area contributed by atoms with Crippen molar-refractivity contribution < 1.29 is 4.79 Å². The number of carbonyl (C=O) groups is 1. The van der Waals surface area contributed by atoms with Gasteiger partial charge in [-0.2, -0.15) is 0 Å². The van der Waals surface area contributed by atoms with Crippen molar-refractivity contribution in [2.45, 2.75) is 32.4 Å². The molecule has 98 valence electrons. The Morgan fingerprint density at radius 3 is 2.89 bits per heavy atom. The Hall–Kier alpha value is -1.55. The maximum Gasteiger partial charge on any atom is 0.242 e. The molecule has 1 fully saturated rings. The second kappa shape index (κ2) is 5.40. The molecule has 1 aliphatic heterocycles. The molecule has 1 aliphatic rings. The predicted octanol–water partition coefficient (Wildman–Crippen LogP) is 1.42. The van der Waals surface area contributed by atoms with E-state index < -0.39 is 0 Å². The number of amides is 1. The largest absolute Gasteiger partial charge is 0.357 e. The number of piperazine rings is 1. The molecule has 0 saturated carbocycles. The first-order valence-electron chi connectivity index (χ1n) is 6.54. The minimum absolute atomic E-state index is 0.0244. The number of hydrogen-bond donors (Lipinski definition) is 2. The molecule has 1 aromatic carbocycles. The molecule has 1 heterocycles. The number of para-hydroxylation sites is 1. The van der Waals surface area contributed by atoms with Gasteiger partial charge in [-0.15, -0.1) is 0 Å². The number of anilines is 1. The molecule has 2 atom stereocenters. The third-order valence-electron chi connectivity index (χ3n) is 3.45. The van der Waals surface area contributed by atoms with Crippen LogP contribution in [0.25, 0.3) is 0 Å². The summed E-state index contributed by atoms with van der Waals surface area (Å²) >= 11 is 0. The SMILES string of the molecule is CCC1C(=O)NCCN1c1ccccc1[C@@H](C)N. The van der Waals surface area contributed by atoms with E-state index in [1.165, 1.54) is 0 Å². The minimum atomic E-state index is -0.0846. The lowest BCUT2D eigenvalue weighted by Crippen LogP contribution is -2.55. The molecular weight excluding hydrogens is 226 g/mol. The fourth-order valence-electron chi connectivity index (χ4n) is 2.54. The molecule has 0 aliphatic carbocycles. The van der Waals surface area contributed by atoms with Crippen molar-refractivity contribution in [3.05, 3.63) is 29.8 Å². The van der Waals surface area contributed by atoms with Crippen LogP contribution in [0.15, 0.2) is 24.3 Å². The Kier molecular flexibility index (Phi) is 3.87. The highest BCUT2D eigenvalue weighted by molar-refractivity contribution is 5.86. The summed E-state index contributed by atoms with van der Waals surface area (Å²) < 4.78 is 0. The molecular formula is C14H21N3O. The number of benzene rings is 1. The van der Waals surface area contributed by atoms with E-state index in [-0.39, 0.29) is 18.0 Å². The first kappa shape index (κ1) is 12.9. The van der Waals surface area contributed by atoms with Gasteiger partial charge in [-0.05, 0) is 25.0 Å².